The van der Waals surface area contributed by atoms with Crippen molar-refractivity contribution in [2.24, 2.45) is 5.92 Å². The number of nitrogens with zero attached hydrogens (tertiary/aromatic N) is 1. The van der Waals surface area contributed by atoms with E-state index >= 15 is 0 Å². The minimum atomic E-state index is -1.46. The molecule has 0 spiro atoms. The van der Waals surface area contributed by atoms with Crippen LogP contribution >= 0.6 is 0 Å². The molecule has 1 saturated carbocycles. The smallest absolute Gasteiger partial charge is 0.160 e. The van der Waals surface area contributed by atoms with Crippen molar-refractivity contribution in [2.75, 3.05) is 0 Å². The Hall–Kier alpha value is -1.28. The van der Waals surface area contributed by atoms with E-state index in [0.717, 1.165) is 37.8 Å². The van der Waals surface area contributed by atoms with Crippen molar-refractivity contribution >= 4 is 10.8 Å². The fourth-order valence-corrected chi connectivity index (χ4v) is 4.10. The van der Waals surface area contributed by atoms with Gasteiger partial charge in [0.05, 0.1) is 28.0 Å². The Labute approximate surface area is 113 Å². The van der Waals surface area contributed by atoms with Crippen LogP contribution in [0.2, 0.25) is 0 Å². The van der Waals surface area contributed by atoms with E-state index in [0.29, 0.717) is 6.42 Å². The Bertz CT molecular complexity index is 527. The molecule has 0 amide bonds. The molecule has 0 radical (unpaired) electrons. The Balaban J connectivity index is 2.25. The van der Waals surface area contributed by atoms with E-state index in [1.165, 1.54) is 6.07 Å². The summed E-state index contributed by atoms with van der Waals surface area (Å²) >= 11 is 0. The molecular weight excluding hydrogens is 268 g/mol. The van der Waals surface area contributed by atoms with Gasteiger partial charge in [-0.2, -0.15) is 5.26 Å². The van der Waals surface area contributed by atoms with Gasteiger partial charge in [-0.05, 0) is 31.0 Å². The standard InChI is InChI=1S/C14H15F2NOS/c15-12-7-6-11(8-13(12)16)19(18)14-5-3-1-2-4-10(14)9-17/h6-8,10,14H,1-5H2. The summed E-state index contributed by atoms with van der Waals surface area (Å²) < 4.78 is 38.5. The van der Waals surface area contributed by atoms with E-state index in [1.54, 1.807) is 0 Å². The first kappa shape index (κ1) is 14.1. The van der Waals surface area contributed by atoms with Crippen LogP contribution in [0.1, 0.15) is 32.1 Å². The molecule has 1 aromatic carbocycles. The van der Waals surface area contributed by atoms with Crippen LogP contribution in [-0.2, 0) is 10.8 Å². The van der Waals surface area contributed by atoms with Crippen molar-refractivity contribution in [3.05, 3.63) is 29.8 Å². The van der Waals surface area contributed by atoms with Gasteiger partial charge in [-0.15, -0.1) is 0 Å². The molecule has 0 saturated heterocycles. The molecule has 1 fully saturated rings. The maximum absolute atomic E-state index is 13.2. The highest BCUT2D eigenvalue weighted by Crippen LogP contribution is 2.30. The Morgan fingerprint density at radius 1 is 1.16 bits per heavy atom. The Kier molecular flexibility index (Phi) is 4.65. The summed E-state index contributed by atoms with van der Waals surface area (Å²) in [7, 11) is -1.46. The first-order valence-corrected chi connectivity index (χ1v) is 7.60. The van der Waals surface area contributed by atoms with E-state index in [2.05, 4.69) is 6.07 Å². The lowest BCUT2D eigenvalue weighted by molar-refractivity contribution is 0.505. The highest BCUT2D eigenvalue weighted by molar-refractivity contribution is 7.85. The number of hydrogen-bond acceptors (Lipinski definition) is 2. The molecule has 5 heteroatoms. The van der Waals surface area contributed by atoms with Gasteiger partial charge in [-0.1, -0.05) is 19.3 Å². The number of benzene rings is 1. The average molecular weight is 283 g/mol. The van der Waals surface area contributed by atoms with Gasteiger partial charge in [0, 0.05) is 4.90 Å². The molecular formula is C14H15F2NOS. The molecule has 1 aromatic rings. The van der Waals surface area contributed by atoms with Gasteiger partial charge in [-0.3, -0.25) is 4.21 Å². The van der Waals surface area contributed by atoms with Crippen LogP contribution in [0.4, 0.5) is 8.78 Å². The molecule has 2 rings (SSSR count). The molecule has 19 heavy (non-hydrogen) atoms. The lowest BCUT2D eigenvalue weighted by Crippen LogP contribution is -2.24. The molecule has 3 unspecified atom stereocenters. The molecule has 3 atom stereocenters. The van der Waals surface area contributed by atoms with Crippen LogP contribution < -0.4 is 0 Å². The fourth-order valence-electron chi connectivity index (χ4n) is 2.45. The van der Waals surface area contributed by atoms with Gasteiger partial charge < -0.3 is 0 Å². The third kappa shape index (κ3) is 3.19. The monoisotopic (exact) mass is 283 g/mol. The molecule has 0 N–H and O–H groups in total. The van der Waals surface area contributed by atoms with E-state index in [1.807, 2.05) is 0 Å². The van der Waals surface area contributed by atoms with E-state index < -0.39 is 22.4 Å². The molecule has 0 bridgehead atoms. The molecule has 102 valence electrons. The van der Waals surface area contributed by atoms with Crippen molar-refractivity contribution < 1.29 is 13.0 Å². The summed E-state index contributed by atoms with van der Waals surface area (Å²) in [6.07, 6.45) is 4.35. The summed E-state index contributed by atoms with van der Waals surface area (Å²) in [5.41, 5.74) is 0. The lowest BCUT2D eigenvalue weighted by atomic mass is 10.0. The molecule has 0 aliphatic heterocycles. The van der Waals surface area contributed by atoms with Crippen molar-refractivity contribution in [3.63, 3.8) is 0 Å². The summed E-state index contributed by atoms with van der Waals surface area (Å²) in [5.74, 6) is -2.21. The molecule has 0 aromatic heterocycles. The quantitative estimate of drug-likeness (QED) is 0.779. The van der Waals surface area contributed by atoms with Crippen LogP contribution in [0.15, 0.2) is 23.1 Å². The topological polar surface area (TPSA) is 40.9 Å². The first-order chi connectivity index (χ1) is 9.13. The second-order valence-electron chi connectivity index (χ2n) is 4.79. The molecule has 1 aliphatic carbocycles. The zero-order chi connectivity index (χ0) is 13.8. The van der Waals surface area contributed by atoms with E-state index in [9.17, 15) is 13.0 Å². The second-order valence-corrected chi connectivity index (χ2v) is 6.46. The summed E-state index contributed by atoms with van der Waals surface area (Å²) in [6.45, 7) is 0. The third-order valence-corrected chi connectivity index (χ3v) is 5.35. The number of rotatable bonds is 2. The zero-order valence-electron chi connectivity index (χ0n) is 10.4. The highest BCUT2D eigenvalue weighted by atomic mass is 32.2. The van der Waals surface area contributed by atoms with E-state index in [4.69, 9.17) is 5.26 Å². The Morgan fingerprint density at radius 3 is 2.58 bits per heavy atom. The van der Waals surface area contributed by atoms with Gasteiger partial charge >= 0.3 is 0 Å². The first-order valence-electron chi connectivity index (χ1n) is 6.38. The molecule has 0 heterocycles. The van der Waals surface area contributed by atoms with Crippen molar-refractivity contribution in [3.8, 4) is 6.07 Å². The van der Waals surface area contributed by atoms with Gasteiger partial charge in [0.1, 0.15) is 0 Å². The maximum Gasteiger partial charge on any atom is 0.160 e. The lowest BCUT2D eigenvalue weighted by Gasteiger charge is -2.18. The minimum Gasteiger partial charge on any atom is -0.254 e. The Morgan fingerprint density at radius 2 is 1.89 bits per heavy atom. The van der Waals surface area contributed by atoms with E-state index in [-0.39, 0.29) is 16.1 Å². The van der Waals surface area contributed by atoms with Crippen LogP contribution in [0, 0.1) is 28.9 Å². The maximum atomic E-state index is 13.2. The van der Waals surface area contributed by atoms with Crippen LogP contribution in [0.5, 0.6) is 0 Å². The summed E-state index contributed by atoms with van der Waals surface area (Å²) in [4.78, 5) is 0.269. The fraction of sp³-hybridized carbons (Fsp3) is 0.500. The second kappa shape index (κ2) is 6.25. The SMILES string of the molecule is N#CC1CCCCCC1S(=O)c1ccc(F)c(F)c1. The predicted octanol–water partition coefficient (Wildman–Crippen LogP) is 3.54. The van der Waals surface area contributed by atoms with Crippen LogP contribution in [-0.4, -0.2) is 9.46 Å². The van der Waals surface area contributed by atoms with Crippen LogP contribution in [0.25, 0.3) is 0 Å². The summed E-state index contributed by atoms with van der Waals surface area (Å²) in [6, 6.07) is 5.51. The average Bonchev–Trinajstić information content (AvgIpc) is 2.66. The normalized spacial score (nSPS) is 25.3. The van der Waals surface area contributed by atoms with Crippen LogP contribution in [0.3, 0.4) is 0 Å². The summed E-state index contributed by atoms with van der Waals surface area (Å²) in [5, 5.41) is 8.88. The van der Waals surface area contributed by atoms with Crippen molar-refractivity contribution in [1.29, 1.82) is 5.26 Å². The number of hydrogen-bond donors (Lipinski definition) is 0. The molecule has 2 nitrogen and oxygen atoms in total. The van der Waals surface area contributed by atoms with Gasteiger partial charge in [0.2, 0.25) is 0 Å². The predicted molar refractivity (Wildman–Crippen MR) is 68.7 cm³/mol. The number of nitriles is 1. The van der Waals surface area contributed by atoms with Gasteiger partial charge in [-0.25, -0.2) is 8.78 Å². The van der Waals surface area contributed by atoms with Crippen molar-refractivity contribution in [2.45, 2.75) is 42.2 Å². The minimum absolute atomic E-state index is 0.267. The van der Waals surface area contributed by atoms with Gasteiger partial charge in [0.25, 0.3) is 0 Å². The largest absolute Gasteiger partial charge is 0.254 e. The third-order valence-electron chi connectivity index (χ3n) is 3.52. The van der Waals surface area contributed by atoms with Gasteiger partial charge in [0.15, 0.2) is 11.6 Å². The zero-order valence-corrected chi connectivity index (χ0v) is 11.3. The van der Waals surface area contributed by atoms with Crippen molar-refractivity contribution in [1.82, 2.24) is 0 Å². The molecule has 1 aliphatic rings. The highest BCUT2D eigenvalue weighted by Gasteiger charge is 2.29. The number of halogens is 2.